The Labute approximate surface area is 128 Å². The number of amides is 1. The van der Waals surface area contributed by atoms with Crippen LogP contribution in [0, 0.1) is 6.92 Å². The van der Waals surface area contributed by atoms with Gasteiger partial charge in [0.25, 0.3) is 5.91 Å². The van der Waals surface area contributed by atoms with Gasteiger partial charge >= 0.3 is 0 Å². The Morgan fingerprint density at radius 3 is 2.75 bits per heavy atom. The number of anilines is 1. The second-order valence-corrected chi connectivity index (χ2v) is 5.15. The van der Waals surface area contributed by atoms with Crippen molar-refractivity contribution >= 4 is 35.8 Å². The molecule has 0 heterocycles. The van der Waals surface area contributed by atoms with Crippen molar-refractivity contribution in [2.75, 3.05) is 11.9 Å². The number of para-hydroxylation sites is 1. The monoisotopic (exact) mass is 307 g/mol. The summed E-state index contributed by atoms with van der Waals surface area (Å²) in [7, 11) is 0. The lowest BCUT2D eigenvalue weighted by Crippen LogP contribution is -2.20. The number of hydrogen-bond acceptors (Lipinski definition) is 3. The number of benzene rings is 2. The van der Waals surface area contributed by atoms with E-state index in [2.05, 4.69) is 17.9 Å². The first-order valence-electron chi connectivity index (χ1n) is 6.03. The summed E-state index contributed by atoms with van der Waals surface area (Å²) in [4.78, 5) is 12.5. The van der Waals surface area contributed by atoms with Crippen LogP contribution in [-0.4, -0.2) is 12.5 Å². The zero-order chi connectivity index (χ0) is 14.5. The summed E-state index contributed by atoms with van der Waals surface area (Å²) in [5.41, 5.74) is 1.57. The smallest absolute Gasteiger partial charge is 0.262 e. The molecule has 1 N–H and O–H groups in total. The number of halogens is 1. The van der Waals surface area contributed by atoms with Crippen molar-refractivity contribution in [3.8, 4) is 5.75 Å². The summed E-state index contributed by atoms with van der Waals surface area (Å²) in [6.45, 7) is 1.82. The number of thiol groups is 1. The lowest BCUT2D eigenvalue weighted by Gasteiger charge is -2.09. The molecule has 0 spiro atoms. The lowest BCUT2D eigenvalue weighted by molar-refractivity contribution is -0.118. The van der Waals surface area contributed by atoms with Crippen LogP contribution in [-0.2, 0) is 4.79 Å². The first kappa shape index (κ1) is 14.8. The largest absolute Gasteiger partial charge is 0.484 e. The van der Waals surface area contributed by atoms with Crippen molar-refractivity contribution in [1.82, 2.24) is 0 Å². The number of nitrogens with one attached hydrogen (secondary N) is 1. The second kappa shape index (κ2) is 6.68. The molecule has 5 heteroatoms. The number of rotatable bonds is 4. The van der Waals surface area contributed by atoms with E-state index in [1.54, 1.807) is 24.3 Å². The van der Waals surface area contributed by atoms with Crippen molar-refractivity contribution in [2.24, 2.45) is 0 Å². The minimum atomic E-state index is -0.237. The van der Waals surface area contributed by atoms with E-state index in [9.17, 15) is 4.79 Å². The van der Waals surface area contributed by atoms with Gasteiger partial charge in [0.05, 0.1) is 5.69 Å². The Balaban J connectivity index is 1.92. The zero-order valence-corrected chi connectivity index (χ0v) is 12.5. The van der Waals surface area contributed by atoms with E-state index in [0.29, 0.717) is 21.4 Å². The summed E-state index contributed by atoms with van der Waals surface area (Å²) in [6.07, 6.45) is 0. The summed E-state index contributed by atoms with van der Waals surface area (Å²) in [6, 6.07) is 12.5. The molecular formula is C15H14ClNO2S. The first-order valence-corrected chi connectivity index (χ1v) is 6.85. The molecule has 0 saturated heterocycles. The first-order chi connectivity index (χ1) is 9.56. The molecule has 2 aromatic carbocycles. The van der Waals surface area contributed by atoms with Crippen molar-refractivity contribution in [3.63, 3.8) is 0 Å². The second-order valence-electron chi connectivity index (χ2n) is 4.26. The van der Waals surface area contributed by atoms with Gasteiger partial charge < -0.3 is 10.1 Å². The molecule has 1 amide bonds. The highest BCUT2D eigenvalue weighted by molar-refractivity contribution is 7.80. The van der Waals surface area contributed by atoms with Gasteiger partial charge in [-0.25, -0.2) is 0 Å². The van der Waals surface area contributed by atoms with E-state index >= 15 is 0 Å². The predicted octanol–water partition coefficient (Wildman–Crippen LogP) is 3.95. The molecule has 0 aliphatic carbocycles. The molecule has 0 aromatic heterocycles. The molecule has 0 aliphatic heterocycles. The lowest BCUT2D eigenvalue weighted by atomic mass is 10.2. The number of hydrogen-bond donors (Lipinski definition) is 2. The van der Waals surface area contributed by atoms with E-state index < -0.39 is 0 Å². The molecule has 0 bridgehead atoms. The maximum Gasteiger partial charge on any atom is 0.262 e. The Bertz CT molecular complexity index is 631. The van der Waals surface area contributed by atoms with Gasteiger partial charge in [-0.2, -0.15) is 0 Å². The maximum absolute atomic E-state index is 11.8. The van der Waals surface area contributed by atoms with E-state index in [1.165, 1.54) is 0 Å². The highest BCUT2D eigenvalue weighted by atomic mass is 35.5. The number of ether oxygens (including phenoxy) is 1. The summed E-state index contributed by atoms with van der Waals surface area (Å²) in [5, 5.41) is 3.41. The summed E-state index contributed by atoms with van der Waals surface area (Å²) < 4.78 is 5.42. The molecule has 0 fully saturated rings. The van der Waals surface area contributed by atoms with Crippen LogP contribution < -0.4 is 10.1 Å². The Kier molecular flexibility index (Phi) is 4.93. The van der Waals surface area contributed by atoms with Gasteiger partial charge in [0, 0.05) is 9.92 Å². The topological polar surface area (TPSA) is 38.3 Å². The summed E-state index contributed by atoms with van der Waals surface area (Å²) >= 11 is 10.2. The van der Waals surface area contributed by atoms with Crippen LogP contribution in [0.15, 0.2) is 47.4 Å². The van der Waals surface area contributed by atoms with Crippen LogP contribution in [0.4, 0.5) is 5.69 Å². The molecule has 0 radical (unpaired) electrons. The fourth-order valence-electron chi connectivity index (χ4n) is 1.62. The average Bonchev–Trinajstić information content (AvgIpc) is 2.43. The molecular weight excluding hydrogens is 294 g/mol. The van der Waals surface area contributed by atoms with Gasteiger partial charge in [-0.15, -0.1) is 12.6 Å². The van der Waals surface area contributed by atoms with Crippen LogP contribution in [0.25, 0.3) is 0 Å². The Morgan fingerprint density at radius 2 is 2.05 bits per heavy atom. The van der Waals surface area contributed by atoms with Crippen molar-refractivity contribution in [3.05, 3.63) is 53.1 Å². The SMILES string of the molecule is Cc1cc(OCC(=O)Nc2ccccc2S)ccc1Cl. The molecule has 0 unspecified atom stereocenters. The van der Waals surface area contributed by atoms with Crippen molar-refractivity contribution < 1.29 is 9.53 Å². The molecule has 104 valence electrons. The fraction of sp³-hybridized carbons (Fsp3) is 0.133. The van der Waals surface area contributed by atoms with Crippen LogP contribution in [0.5, 0.6) is 5.75 Å². The normalized spacial score (nSPS) is 10.2. The van der Waals surface area contributed by atoms with Crippen LogP contribution in [0.2, 0.25) is 5.02 Å². The van der Waals surface area contributed by atoms with Crippen LogP contribution in [0.3, 0.4) is 0 Å². The summed E-state index contributed by atoms with van der Waals surface area (Å²) in [5.74, 6) is 0.375. The quantitative estimate of drug-likeness (QED) is 0.839. The van der Waals surface area contributed by atoms with E-state index in [-0.39, 0.29) is 12.5 Å². The van der Waals surface area contributed by atoms with Gasteiger partial charge in [0.1, 0.15) is 5.75 Å². The van der Waals surface area contributed by atoms with Gasteiger partial charge in [-0.3, -0.25) is 4.79 Å². The standard InChI is InChI=1S/C15H14ClNO2S/c1-10-8-11(6-7-12(10)16)19-9-15(18)17-13-4-2-3-5-14(13)20/h2-8,20H,9H2,1H3,(H,17,18). The Morgan fingerprint density at radius 1 is 1.30 bits per heavy atom. The fourth-order valence-corrected chi connectivity index (χ4v) is 1.96. The van der Waals surface area contributed by atoms with Crippen LogP contribution in [0.1, 0.15) is 5.56 Å². The van der Waals surface area contributed by atoms with E-state index in [1.807, 2.05) is 25.1 Å². The minimum Gasteiger partial charge on any atom is -0.484 e. The molecule has 0 saturated carbocycles. The third-order valence-electron chi connectivity index (χ3n) is 2.68. The average molecular weight is 308 g/mol. The third-order valence-corrected chi connectivity index (χ3v) is 3.49. The molecule has 3 nitrogen and oxygen atoms in total. The van der Waals surface area contributed by atoms with Crippen LogP contribution >= 0.6 is 24.2 Å². The molecule has 2 aromatic rings. The highest BCUT2D eigenvalue weighted by Gasteiger charge is 2.06. The van der Waals surface area contributed by atoms with Gasteiger partial charge in [-0.05, 0) is 42.8 Å². The number of aryl methyl sites for hydroxylation is 1. The van der Waals surface area contributed by atoms with Gasteiger partial charge in [0.2, 0.25) is 0 Å². The van der Waals surface area contributed by atoms with E-state index in [0.717, 1.165) is 5.56 Å². The molecule has 0 aliphatic rings. The minimum absolute atomic E-state index is 0.0663. The number of carbonyl (C=O) groups excluding carboxylic acids is 1. The molecule has 2 rings (SSSR count). The maximum atomic E-state index is 11.8. The predicted molar refractivity (Wildman–Crippen MR) is 84.0 cm³/mol. The van der Waals surface area contributed by atoms with Crippen molar-refractivity contribution in [2.45, 2.75) is 11.8 Å². The van der Waals surface area contributed by atoms with Crippen molar-refractivity contribution in [1.29, 1.82) is 0 Å². The van der Waals surface area contributed by atoms with Gasteiger partial charge in [0.15, 0.2) is 6.61 Å². The zero-order valence-electron chi connectivity index (χ0n) is 10.9. The number of carbonyl (C=O) groups is 1. The van der Waals surface area contributed by atoms with E-state index in [4.69, 9.17) is 16.3 Å². The highest BCUT2D eigenvalue weighted by Crippen LogP contribution is 2.21. The molecule has 20 heavy (non-hydrogen) atoms. The third kappa shape index (κ3) is 3.92. The van der Waals surface area contributed by atoms with Gasteiger partial charge in [-0.1, -0.05) is 23.7 Å². The molecule has 0 atom stereocenters. The Hall–Kier alpha value is -1.65.